The first-order valence-corrected chi connectivity index (χ1v) is 7.97. The molecule has 0 aromatic carbocycles. The third-order valence-corrected chi connectivity index (χ3v) is 2.41. The molecule has 0 atom stereocenters. The Labute approximate surface area is 148 Å². The molecule has 0 rings (SSSR count). The molecular formula is C17H29NO7. The zero-order valence-corrected chi connectivity index (χ0v) is 15.9. The van der Waals surface area contributed by atoms with Crippen LogP contribution in [0.15, 0.2) is 12.3 Å². The first-order valence-electron chi connectivity index (χ1n) is 7.97. The van der Waals surface area contributed by atoms with E-state index in [1.807, 2.05) is 0 Å². The third kappa shape index (κ3) is 10.4. The predicted molar refractivity (Wildman–Crippen MR) is 90.7 cm³/mol. The molecule has 0 aliphatic carbocycles. The standard InChI is InChI=1S/C17H29NO7/c1-12(11-23-13(20)9-8-10-19)18(14(21)24-16(2,3)4)15(22)25-17(5,6)7/h19H,1,8-11H2,2-7H3. The molecule has 0 bridgehead atoms. The zero-order chi connectivity index (χ0) is 19.8. The summed E-state index contributed by atoms with van der Waals surface area (Å²) in [4.78, 5) is 36.7. The first-order chi connectivity index (χ1) is 11.3. The Hall–Kier alpha value is -2.09. The van der Waals surface area contributed by atoms with Crippen molar-refractivity contribution >= 4 is 18.2 Å². The summed E-state index contributed by atoms with van der Waals surface area (Å²) in [6.45, 7) is 13.0. The van der Waals surface area contributed by atoms with Gasteiger partial charge in [-0.05, 0) is 48.0 Å². The minimum Gasteiger partial charge on any atom is -0.459 e. The molecule has 0 spiro atoms. The van der Waals surface area contributed by atoms with E-state index in [2.05, 4.69) is 6.58 Å². The molecule has 0 fully saturated rings. The van der Waals surface area contributed by atoms with Crippen LogP contribution in [0.25, 0.3) is 0 Å². The van der Waals surface area contributed by atoms with Crippen LogP contribution in [-0.2, 0) is 19.0 Å². The molecule has 0 aromatic rings. The van der Waals surface area contributed by atoms with Crippen LogP contribution in [0.2, 0.25) is 0 Å². The van der Waals surface area contributed by atoms with Gasteiger partial charge in [-0.3, -0.25) is 4.79 Å². The van der Waals surface area contributed by atoms with Crippen molar-refractivity contribution in [3.05, 3.63) is 12.3 Å². The topological polar surface area (TPSA) is 102 Å². The smallest absolute Gasteiger partial charge is 0.424 e. The van der Waals surface area contributed by atoms with E-state index < -0.39 is 29.4 Å². The third-order valence-electron chi connectivity index (χ3n) is 2.41. The van der Waals surface area contributed by atoms with Crippen molar-refractivity contribution in [2.24, 2.45) is 0 Å². The number of aliphatic hydroxyl groups is 1. The molecule has 2 amide bonds. The van der Waals surface area contributed by atoms with E-state index in [1.165, 1.54) is 0 Å². The summed E-state index contributed by atoms with van der Waals surface area (Å²) in [5.74, 6) is -0.580. The summed E-state index contributed by atoms with van der Waals surface area (Å²) < 4.78 is 15.3. The van der Waals surface area contributed by atoms with Gasteiger partial charge in [-0.15, -0.1) is 0 Å². The lowest BCUT2D eigenvalue weighted by molar-refractivity contribution is -0.143. The van der Waals surface area contributed by atoms with Gasteiger partial charge in [0.05, 0.1) is 5.70 Å². The summed E-state index contributed by atoms with van der Waals surface area (Å²) in [5, 5.41) is 8.69. The normalized spacial score (nSPS) is 11.5. The number of imide groups is 1. The highest BCUT2D eigenvalue weighted by Crippen LogP contribution is 2.18. The second-order valence-corrected chi connectivity index (χ2v) is 7.35. The molecule has 0 radical (unpaired) electrons. The number of carbonyl (C=O) groups excluding carboxylic acids is 3. The van der Waals surface area contributed by atoms with Crippen LogP contribution in [0.4, 0.5) is 9.59 Å². The summed E-state index contributed by atoms with van der Waals surface area (Å²) in [6, 6.07) is 0. The highest BCUT2D eigenvalue weighted by molar-refractivity contribution is 5.90. The van der Waals surface area contributed by atoms with Gasteiger partial charge in [-0.1, -0.05) is 6.58 Å². The Morgan fingerprint density at radius 2 is 1.40 bits per heavy atom. The van der Waals surface area contributed by atoms with Crippen molar-refractivity contribution in [1.82, 2.24) is 4.90 Å². The molecule has 0 unspecified atom stereocenters. The molecule has 8 nitrogen and oxygen atoms in total. The molecule has 0 heterocycles. The lowest BCUT2D eigenvalue weighted by Gasteiger charge is -2.29. The number of hydrogen-bond donors (Lipinski definition) is 1. The predicted octanol–water partition coefficient (Wildman–Crippen LogP) is 2.99. The van der Waals surface area contributed by atoms with Gasteiger partial charge in [-0.2, -0.15) is 4.90 Å². The SMILES string of the molecule is C=C(COC(=O)CCCO)N(C(=O)OC(C)(C)C)C(=O)OC(C)(C)C. The van der Waals surface area contributed by atoms with Crippen molar-refractivity contribution in [3.63, 3.8) is 0 Å². The first kappa shape index (κ1) is 22.9. The Kier molecular flexibility index (Phi) is 8.62. The quantitative estimate of drug-likeness (QED) is 0.574. The van der Waals surface area contributed by atoms with Gasteiger partial charge in [-0.25, -0.2) is 9.59 Å². The van der Waals surface area contributed by atoms with Gasteiger partial charge >= 0.3 is 18.2 Å². The highest BCUT2D eigenvalue weighted by atomic mass is 16.6. The van der Waals surface area contributed by atoms with Crippen LogP contribution in [0.3, 0.4) is 0 Å². The zero-order valence-electron chi connectivity index (χ0n) is 15.9. The largest absolute Gasteiger partial charge is 0.459 e. The molecule has 0 aliphatic heterocycles. The van der Waals surface area contributed by atoms with E-state index in [-0.39, 0.29) is 31.8 Å². The molecule has 1 N–H and O–H groups in total. The molecule has 144 valence electrons. The molecule has 0 aliphatic rings. The summed E-state index contributed by atoms with van der Waals surface area (Å²) >= 11 is 0. The van der Waals surface area contributed by atoms with Crippen LogP contribution in [0.5, 0.6) is 0 Å². The van der Waals surface area contributed by atoms with Crippen LogP contribution >= 0.6 is 0 Å². The molecule has 25 heavy (non-hydrogen) atoms. The summed E-state index contributed by atoms with van der Waals surface area (Å²) in [7, 11) is 0. The van der Waals surface area contributed by atoms with E-state index in [1.54, 1.807) is 41.5 Å². The second-order valence-electron chi connectivity index (χ2n) is 7.35. The Balaban J connectivity index is 5.10. The van der Waals surface area contributed by atoms with Gasteiger partial charge in [0.1, 0.15) is 17.8 Å². The highest BCUT2D eigenvalue weighted by Gasteiger charge is 2.33. The monoisotopic (exact) mass is 359 g/mol. The van der Waals surface area contributed by atoms with Crippen molar-refractivity contribution in [2.45, 2.75) is 65.6 Å². The van der Waals surface area contributed by atoms with Gasteiger partial charge in [0, 0.05) is 13.0 Å². The molecule has 0 saturated carbocycles. The van der Waals surface area contributed by atoms with Crippen LogP contribution < -0.4 is 0 Å². The van der Waals surface area contributed by atoms with Gasteiger partial charge in [0.25, 0.3) is 0 Å². The molecule has 0 saturated heterocycles. The lowest BCUT2D eigenvalue weighted by atomic mass is 10.2. The number of ether oxygens (including phenoxy) is 3. The number of aliphatic hydroxyl groups excluding tert-OH is 1. The maximum absolute atomic E-state index is 12.3. The molecular weight excluding hydrogens is 330 g/mol. The van der Waals surface area contributed by atoms with Crippen LogP contribution in [0.1, 0.15) is 54.4 Å². The van der Waals surface area contributed by atoms with Crippen molar-refractivity contribution in [2.75, 3.05) is 13.2 Å². The van der Waals surface area contributed by atoms with Crippen molar-refractivity contribution in [1.29, 1.82) is 0 Å². The maximum Gasteiger partial charge on any atom is 0.424 e. The number of carbonyl (C=O) groups is 3. The van der Waals surface area contributed by atoms with E-state index >= 15 is 0 Å². The summed E-state index contributed by atoms with van der Waals surface area (Å²) in [5.41, 5.74) is -1.77. The number of amides is 2. The fourth-order valence-corrected chi connectivity index (χ4v) is 1.47. The lowest BCUT2D eigenvalue weighted by Crippen LogP contribution is -2.43. The summed E-state index contributed by atoms with van der Waals surface area (Å²) in [6.07, 6.45) is -1.67. The average molecular weight is 359 g/mol. The number of esters is 1. The Bertz CT molecular complexity index is 472. The van der Waals surface area contributed by atoms with Crippen molar-refractivity contribution in [3.8, 4) is 0 Å². The van der Waals surface area contributed by atoms with Crippen LogP contribution in [0, 0.1) is 0 Å². The van der Waals surface area contributed by atoms with E-state index in [4.69, 9.17) is 19.3 Å². The van der Waals surface area contributed by atoms with Gasteiger partial charge < -0.3 is 19.3 Å². The number of nitrogens with zero attached hydrogens (tertiary/aromatic N) is 1. The Morgan fingerprint density at radius 3 is 1.76 bits per heavy atom. The fourth-order valence-electron chi connectivity index (χ4n) is 1.47. The number of rotatable bonds is 6. The molecule has 8 heteroatoms. The van der Waals surface area contributed by atoms with E-state index in [0.29, 0.717) is 4.90 Å². The maximum atomic E-state index is 12.3. The van der Waals surface area contributed by atoms with Gasteiger partial charge in [0.15, 0.2) is 0 Å². The van der Waals surface area contributed by atoms with E-state index in [0.717, 1.165) is 0 Å². The van der Waals surface area contributed by atoms with Crippen molar-refractivity contribution < 1.29 is 33.7 Å². The number of hydrogen-bond acceptors (Lipinski definition) is 7. The average Bonchev–Trinajstić information content (AvgIpc) is 2.38. The van der Waals surface area contributed by atoms with Gasteiger partial charge in [0.2, 0.25) is 0 Å². The Morgan fingerprint density at radius 1 is 0.960 bits per heavy atom. The van der Waals surface area contributed by atoms with Crippen LogP contribution in [-0.4, -0.2) is 52.6 Å². The molecule has 0 aromatic heterocycles. The fraction of sp³-hybridized carbons (Fsp3) is 0.706. The minimum atomic E-state index is -0.974. The second kappa shape index (κ2) is 9.41. The van der Waals surface area contributed by atoms with E-state index in [9.17, 15) is 14.4 Å². The minimum absolute atomic E-state index is 0.0165.